The molecule has 0 aromatic heterocycles. The van der Waals surface area contributed by atoms with Gasteiger partial charge in [-0.3, -0.25) is 0 Å². The lowest BCUT2D eigenvalue weighted by Gasteiger charge is -2.38. The van der Waals surface area contributed by atoms with Crippen LogP contribution in [0, 0.1) is 29.3 Å². The molecule has 0 N–H and O–H groups in total. The average Bonchev–Trinajstić information content (AvgIpc) is 2.60. The van der Waals surface area contributed by atoms with Gasteiger partial charge in [-0.05, 0) is 61.1 Å². The van der Waals surface area contributed by atoms with Crippen molar-refractivity contribution in [2.75, 3.05) is 0 Å². The van der Waals surface area contributed by atoms with E-state index in [0.717, 1.165) is 43.1 Å². The first-order valence-electron chi connectivity index (χ1n) is 9.72. The molecule has 0 saturated heterocycles. The van der Waals surface area contributed by atoms with Crippen molar-refractivity contribution in [2.45, 2.75) is 75.8 Å². The van der Waals surface area contributed by atoms with Crippen molar-refractivity contribution in [3.63, 3.8) is 0 Å². The molecule has 0 amide bonds. The molecule has 3 rings (SSSR count). The second-order valence-electron chi connectivity index (χ2n) is 7.98. The van der Waals surface area contributed by atoms with E-state index in [-0.39, 0.29) is 15.4 Å². The Kier molecular flexibility index (Phi) is 6.06. The van der Waals surface area contributed by atoms with E-state index in [9.17, 15) is 13.2 Å². The molecule has 0 radical (unpaired) electrons. The topological polar surface area (TPSA) is 0 Å². The van der Waals surface area contributed by atoms with Crippen molar-refractivity contribution in [2.24, 2.45) is 11.8 Å². The first kappa shape index (κ1) is 18.0. The fourth-order valence-electron chi connectivity index (χ4n) is 5.09. The van der Waals surface area contributed by atoms with Crippen molar-refractivity contribution in [3.05, 3.63) is 35.1 Å². The van der Waals surface area contributed by atoms with Gasteiger partial charge in [0.15, 0.2) is 17.5 Å². The molecule has 2 fully saturated rings. The summed E-state index contributed by atoms with van der Waals surface area (Å²) in [5.41, 5.74) is 1.72. The van der Waals surface area contributed by atoms with Crippen molar-refractivity contribution in [3.8, 4) is 0 Å². The molecule has 2 aliphatic rings. The highest BCUT2D eigenvalue weighted by Crippen LogP contribution is 2.45. The van der Waals surface area contributed by atoms with Crippen molar-refractivity contribution < 1.29 is 13.2 Å². The van der Waals surface area contributed by atoms with Crippen LogP contribution in [0.25, 0.3) is 0 Å². The average molecular weight is 355 g/mol. The summed E-state index contributed by atoms with van der Waals surface area (Å²) in [4.78, 5) is 0. The second-order valence-corrected chi connectivity index (χ2v) is 10.7. The minimum Gasteiger partial charge on any atom is -0.204 e. The van der Waals surface area contributed by atoms with Crippen LogP contribution in [0.3, 0.4) is 0 Å². The number of hydrogen-bond acceptors (Lipinski definition) is 0. The Bertz CT molecular complexity index is 521. The van der Waals surface area contributed by atoms with Gasteiger partial charge in [0, 0.05) is 9.52 Å². The third-order valence-corrected chi connectivity index (χ3v) is 8.71. The maximum atomic E-state index is 13.5. The van der Waals surface area contributed by atoms with Gasteiger partial charge in [0.1, 0.15) is 0 Å². The standard InChI is InChI=1S/C20H29F3Si/c1-2-24-17-9-7-14(8-10-17)13-3-5-15(6-4-13)16-11-18(21)20(23)19(22)12-16/h11-15,17H,2-10,24H2,1H3/t13?,14-,15?,17-. The molecule has 0 bridgehead atoms. The van der Waals surface area contributed by atoms with Gasteiger partial charge in [-0.15, -0.1) is 0 Å². The predicted molar refractivity (Wildman–Crippen MR) is 95.7 cm³/mol. The molecule has 1 aromatic rings. The van der Waals surface area contributed by atoms with E-state index in [4.69, 9.17) is 0 Å². The van der Waals surface area contributed by atoms with E-state index in [0.29, 0.717) is 5.56 Å². The molecular formula is C20H29F3Si. The van der Waals surface area contributed by atoms with E-state index < -0.39 is 17.5 Å². The first-order valence-corrected chi connectivity index (χ1v) is 11.5. The molecular weight excluding hydrogens is 325 g/mol. The van der Waals surface area contributed by atoms with Crippen LogP contribution in [-0.4, -0.2) is 9.52 Å². The minimum atomic E-state index is -1.35. The van der Waals surface area contributed by atoms with E-state index in [1.54, 1.807) is 0 Å². The Hall–Kier alpha value is -0.773. The zero-order valence-electron chi connectivity index (χ0n) is 14.7. The first-order chi connectivity index (χ1) is 11.6. The summed E-state index contributed by atoms with van der Waals surface area (Å²) in [6.45, 7) is 2.33. The van der Waals surface area contributed by atoms with Crippen LogP contribution in [-0.2, 0) is 0 Å². The number of hydrogen-bond donors (Lipinski definition) is 0. The molecule has 0 spiro atoms. The molecule has 2 aliphatic carbocycles. The lowest BCUT2D eigenvalue weighted by atomic mass is 9.70. The molecule has 0 nitrogen and oxygen atoms in total. The molecule has 134 valence electrons. The largest absolute Gasteiger partial charge is 0.204 e. The van der Waals surface area contributed by atoms with Crippen LogP contribution in [0.2, 0.25) is 11.6 Å². The molecule has 1 aromatic carbocycles. The van der Waals surface area contributed by atoms with Crippen LogP contribution in [0.1, 0.15) is 69.8 Å². The predicted octanol–water partition coefficient (Wildman–Crippen LogP) is 5.96. The zero-order chi connectivity index (χ0) is 17.1. The van der Waals surface area contributed by atoms with Crippen LogP contribution in [0.4, 0.5) is 13.2 Å². The van der Waals surface area contributed by atoms with E-state index >= 15 is 0 Å². The van der Waals surface area contributed by atoms with Gasteiger partial charge in [0.05, 0.1) is 0 Å². The summed E-state index contributed by atoms with van der Waals surface area (Å²) in [7, 11) is 0.168. The number of benzene rings is 1. The van der Waals surface area contributed by atoms with Gasteiger partial charge in [0.25, 0.3) is 0 Å². The number of rotatable bonds is 4. The van der Waals surface area contributed by atoms with Gasteiger partial charge in [-0.1, -0.05) is 44.2 Å². The third-order valence-electron chi connectivity index (χ3n) is 6.50. The van der Waals surface area contributed by atoms with Gasteiger partial charge in [-0.25, -0.2) is 13.2 Å². The minimum absolute atomic E-state index is 0.168. The summed E-state index contributed by atoms with van der Waals surface area (Å²) in [6.07, 6.45) is 9.97. The Morgan fingerprint density at radius 1 is 0.833 bits per heavy atom. The second kappa shape index (κ2) is 8.07. The van der Waals surface area contributed by atoms with Crippen LogP contribution in [0.15, 0.2) is 12.1 Å². The maximum absolute atomic E-state index is 13.5. The fourth-order valence-corrected chi connectivity index (χ4v) is 6.96. The van der Waals surface area contributed by atoms with Gasteiger partial charge in [-0.2, -0.15) is 0 Å². The molecule has 0 heterocycles. The summed E-state index contributed by atoms with van der Waals surface area (Å²) in [5.74, 6) is -1.60. The summed E-state index contributed by atoms with van der Waals surface area (Å²) in [6, 6.07) is 3.83. The summed E-state index contributed by atoms with van der Waals surface area (Å²) >= 11 is 0. The Labute approximate surface area is 146 Å². The molecule has 2 saturated carbocycles. The van der Waals surface area contributed by atoms with Gasteiger partial charge < -0.3 is 0 Å². The van der Waals surface area contributed by atoms with Gasteiger partial charge in [0.2, 0.25) is 0 Å². The van der Waals surface area contributed by atoms with Crippen LogP contribution in [0.5, 0.6) is 0 Å². The molecule has 0 unspecified atom stereocenters. The Morgan fingerprint density at radius 3 is 1.83 bits per heavy atom. The number of halogens is 3. The summed E-state index contributed by atoms with van der Waals surface area (Å²) in [5, 5.41) is 0. The monoisotopic (exact) mass is 354 g/mol. The van der Waals surface area contributed by atoms with E-state index in [1.807, 2.05) is 0 Å². The van der Waals surface area contributed by atoms with Gasteiger partial charge >= 0.3 is 0 Å². The van der Waals surface area contributed by atoms with Crippen LogP contribution < -0.4 is 0 Å². The SMILES string of the molecule is CC[SiH2][C@H]1CC[C@H](C2CCC(c3cc(F)c(F)c(F)c3)CC2)CC1. The normalized spacial score (nSPS) is 31.7. The lowest BCUT2D eigenvalue weighted by Crippen LogP contribution is -2.25. The summed E-state index contributed by atoms with van der Waals surface area (Å²) < 4.78 is 40.0. The van der Waals surface area contributed by atoms with Crippen molar-refractivity contribution in [1.82, 2.24) is 0 Å². The van der Waals surface area contributed by atoms with E-state index in [2.05, 4.69) is 6.92 Å². The zero-order valence-corrected chi connectivity index (χ0v) is 16.1. The highest BCUT2D eigenvalue weighted by molar-refractivity contribution is 6.37. The quantitative estimate of drug-likeness (QED) is 0.462. The van der Waals surface area contributed by atoms with Crippen LogP contribution >= 0.6 is 0 Å². The van der Waals surface area contributed by atoms with Crippen molar-refractivity contribution in [1.29, 1.82) is 0 Å². The maximum Gasteiger partial charge on any atom is 0.194 e. The lowest BCUT2D eigenvalue weighted by molar-refractivity contribution is 0.185. The molecule has 0 aliphatic heterocycles. The highest BCUT2D eigenvalue weighted by Gasteiger charge is 2.31. The smallest absolute Gasteiger partial charge is 0.194 e. The highest BCUT2D eigenvalue weighted by atomic mass is 28.2. The third kappa shape index (κ3) is 4.06. The molecule has 24 heavy (non-hydrogen) atoms. The van der Waals surface area contributed by atoms with Crippen molar-refractivity contribution >= 4 is 9.52 Å². The van der Waals surface area contributed by atoms with E-state index in [1.165, 1.54) is 43.9 Å². The Balaban J connectivity index is 1.53. The fraction of sp³-hybridized carbons (Fsp3) is 0.700. The molecule has 4 heteroatoms. The Morgan fingerprint density at radius 2 is 1.33 bits per heavy atom. The molecule has 0 atom stereocenters.